The van der Waals surface area contributed by atoms with E-state index >= 15 is 0 Å². The smallest absolute Gasteiger partial charge is 0.323 e. The molecule has 16 heavy (non-hydrogen) atoms. The van der Waals surface area contributed by atoms with Gasteiger partial charge in [0.25, 0.3) is 0 Å². The molecule has 0 spiro atoms. The molecule has 0 heterocycles. The first-order chi connectivity index (χ1) is 7.01. The van der Waals surface area contributed by atoms with Crippen molar-refractivity contribution in [3.05, 3.63) is 0 Å². The van der Waals surface area contributed by atoms with Gasteiger partial charge in [0.15, 0.2) is 0 Å². The van der Waals surface area contributed by atoms with Crippen LogP contribution >= 0.6 is 16.5 Å². The van der Waals surface area contributed by atoms with Crippen molar-refractivity contribution in [1.29, 1.82) is 0 Å². The molecule has 2 N–H and O–H groups in total. The second-order valence-electron chi connectivity index (χ2n) is 4.76. The lowest BCUT2D eigenvalue weighted by atomic mass is 9.72. The van der Waals surface area contributed by atoms with Gasteiger partial charge in [0, 0.05) is 0 Å². The molecule has 0 amide bonds. The molecule has 0 aliphatic carbocycles. The summed E-state index contributed by atoms with van der Waals surface area (Å²) in [6.45, 7) is 13.8. The Hall–Kier alpha value is 0.340. The van der Waals surface area contributed by atoms with Crippen LogP contribution in [0.4, 0.5) is 0 Å². The predicted octanol–water partition coefficient (Wildman–Crippen LogP) is 3.09. The van der Waals surface area contributed by atoms with E-state index in [1.807, 2.05) is 0 Å². The minimum atomic E-state index is -3.20. The molecular weight excluding hydrogens is 250 g/mol. The van der Waals surface area contributed by atoms with Crippen molar-refractivity contribution in [2.24, 2.45) is 17.3 Å². The maximum Gasteiger partial charge on any atom is 0.323 e. The van der Waals surface area contributed by atoms with E-state index in [1.54, 1.807) is 0 Å². The van der Waals surface area contributed by atoms with Crippen LogP contribution in [0.15, 0.2) is 0 Å². The first-order valence-electron chi connectivity index (χ1n) is 5.15. The van der Waals surface area contributed by atoms with E-state index in [1.165, 1.54) is 0 Å². The minimum Gasteiger partial charge on any atom is -0.326 e. The van der Waals surface area contributed by atoms with E-state index in [-0.39, 0.29) is 0 Å². The Bertz CT molecular complexity index is 216. The highest BCUT2D eigenvalue weighted by Crippen LogP contribution is 2.33. The Morgan fingerprint density at radius 3 is 1.19 bits per heavy atom. The molecule has 2 atom stereocenters. The van der Waals surface area contributed by atoms with Crippen LogP contribution in [0, 0.1) is 17.3 Å². The maximum atomic E-state index is 9.44. The molecule has 0 aromatic heterocycles. The van der Waals surface area contributed by atoms with Gasteiger partial charge >= 0.3 is 16.5 Å². The number of hydrogen-bond donors (Lipinski definition) is 2. The van der Waals surface area contributed by atoms with E-state index in [9.17, 15) is 9.13 Å². The lowest BCUT2D eigenvalue weighted by Crippen LogP contribution is -2.25. The summed E-state index contributed by atoms with van der Waals surface area (Å²) < 4.78 is 22.3. The van der Waals surface area contributed by atoms with Crippen molar-refractivity contribution in [2.75, 3.05) is 0 Å². The standard InChI is InChI=1S/C9H20.H4O5P2/c1-7(2)9(5,6)8(3)4;1-6(2)5-7(3)4/h7-8H,1-6H3;6-7H,(H,1,2)(H,3,4). The van der Waals surface area contributed by atoms with E-state index in [0.29, 0.717) is 5.41 Å². The highest BCUT2D eigenvalue weighted by atomic mass is 31.2. The van der Waals surface area contributed by atoms with Crippen LogP contribution < -0.4 is 0 Å². The number of hydrogen-bond acceptors (Lipinski definition) is 3. The molecule has 0 fully saturated rings. The molecule has 2 unspecified atom stereocenters. The van der Waals surface area contributed by atoms with Crippen LogP contribution in [0.3, 0.4) is 0 Å². The van der Waals surface area contributed by atoms with Gasteiger partial charge in [0.1, 0.15) is 0 Å². The third-order valence-electron chi connectivity index (χ3n) is 3.15. The lowest BCUT2D eigenvalue weighted by molar-refractivity contribution is 0.165. The Labute approximate surface area is 99.1 Å². The zero-order chi connectivity index (χ0) is 13.5. The quantitative estimate of drug-likeness (QED) is 0.769. The van der Waals surface area contributed by atoms with Gasteiger partial charge in [-0.3, -0.25) is 9.13 Å². The van der Waals surface area contributed by atoms with Crippen LogP contribution in [-0.2, 0) is 13.4 Å². The van der Waals surface area contributed by atoms with Crippen LogP contribution in [-0.4, -0.2) is 9.79 Å². The first-order valence-corrected chi connectivity index (χ1v) is 7.68. The van der Waals surface area contributed by atoms with Crippen molar-refractivity contribution in [2.45, 2.75) is 41.5 Å². The summed E-state index contributed by atoms with van der Waals surface area (Å²) in [5.74, 6) is 1.58. The minimum absolute atomic E-state index is 0.500. The van der Waals surface area contributed by atoms with Crippen molar-refractivity contribution in [3.8, 4) is 0 Å². The topological polar surface area (TPSA) is 83.8 Å². The largest absolute Gasteiger partial charge is 0.326 e. The van der Waals surface area contributed by atoms with Gasteiger partial charge in [-0.15, -0.1) is 0 Å². The third kappa shape index (κ3) is 9.56. The Kier molecular flexibility index (Phi) is 9.86. The van der Waals surface area contributed by atoms with Crippen LogP contribution in [0.2, 0.25) is 0 Å². The van der Waals surface area contributed by atoms with Crippen LogP contribution in [0.1, 0.15) is 41.5 Å². The molecule has 7 heteroatoms. The molecule has 0 aromatic rings. The molecule has 0 bridgehead atoms. The molecular formula is C9H24O5P2. The molecule has 0 radical (unpaired) electrons. The van der Waals surface area contributed by atoms with Crippen LogP contribution in [0.25, 0.3) is 0 Å². The summed E-state index contributed by atoms with van der Waals surface area (Å²) >= 11 is 0. The Morgan fingerprint density at radius 2 is 1.19 bits per heavy atom. The fraction of sp³-hybridized carbons (Fsp3) is 1.00. The average Bonchev–Trinajstić information content (AvgIpc) is 2.01. The second kappa shape index (κ2) is 8.43. The van der Waals surface area contributed by atoms with Crippen LogP contribution in [0.5, 0.6) is 0 Å². The highest BCUT2D eigenvalue weighted by molar-refractivity contribution is 7.46. The van der Waals surface area contributed by atoms with E-state index in [2.05, 4.69) is 45.9 Å². The average molecular weight is 274 g/mol. The summed E-state index contributed by atoms with van der Waals surface area (Å²) in [6.07, 6.45) is 0. The van der Waals surface area contributed by atoms with Gasteiger partial charge in [-0.25, -0.2) is 4.31 Å². The summed E-state index contributed by atoms with van der Waals surface area (Å²) in [5.41, 5.74) is 0.500. The highest BCUT2D eigenvalue weighted by Gasteiger charge is 2.25. The lowest BCUT2D eigenvalue weighted by Gasteiger charge is -2.33. The zero-order valence-corrected chi connectivity index (χ0v) is 12.8. The zero-order valence-electron chi connectivity index (χ0n) is 10.8. The maximum absolute atomic E-state index is 9.44. The van der Waals surface area contributed by atoms with Gasteiger partial charge in [-0.2, -0.15) is 0 Å². The van der Waals surface area contributed by atoms with Crippen molar-refractivity contribution < 1.29 is 23.2 Å². The fourth-order valence-corrected chi connectivity index (χ4v) is 1.34. The monoisotopic (exact) mass is 274 g/mol. The van der Waals surface area contributed by atoms with E-state index in [0.717, 1.165) is 11.8 Å². The first kappa shape index (κ1) is 18.7. The molecule has 100 valence electrons. The normalized spacial score (nSPS) is 15.6. The number of rotatable bonds is 4. The molecule has 0 aromatic carbocycles. The fourth-order valence-electron chi connectivity index (χ4n) is 0.741. The third-order valence-corrected chi connectivity index (χ3v) is 4.55. The van der Waals surface area contributed by atoms with Gasteiger partial charge in [-0.05, 0) is 17.3 Å². The summed E-state index contributed by atoms with van der Waals surface area (Å²) in [4.78, 5) is 15.4. The SMILES string of the molecule is CC(C)C(C)(C)C(C)C.O=[PH](O)O[PH](=O)O. The summed E-state index contributed by atoms with van der Waals surface area (Å²) in [5, 5.41) is 0. The summed E-state index contributed by atoms with van der Waals surface area (Å²) in [7, 11) is -6.40. The van der Waals surface area contributed by atoms with Gasteiger partial charge in [0.05, 0.1) is 0 Å². The molecule has 0 saturated carbocycles. The Balaban J connectivity index is 0. The molecule has 0 aliphatic rings. The molecule has 5 nitrogen and oxygen atoms in total. The van der Waals surface area contributed by atoms with Crippen molar-refractivity contribution >= 4 is 16.5 Å². The van der Waals surface area contributed by atoms with Gasteiger partial charge in [-0.1, -0.05) is 41.5 Å². The Morgan fingerprint density at radius 1 is 0.938 bits per heavy atom. The second-order valence-corrected chi connectivity index (χ2v) is 6.64. The van der Waals surface area contributed by atoms with E-state index in [4.69, 9.17) is 9.79 Å². The van der Waals surface area contributed by atoms with Gasteiger partial charge in [0.2, 0.25) is 0 Å². The molecule has 0 aliphatic heterocycles. The predicted molar refractivity (Wildman–Crippen MR) is 67.0 cm³/mol. The van der Waals surface area contributed by atoms with E-state index < -0.39 is 16.5 Å². The van der Waals surface area contributed by atoms with Crippen molar-refractivity contribution in [1.82, 2.24) is 0 Å². The van der Waals surface area contributed by atoms with Crippen molar-refractivity contribution in [3.63, 3.8) is 0 Å². The van der Waals surface area contributed by atoms with Gasteiger partial charge < -0.3 is 9.79 Å². The molecule has 0 rings (SSSR count). The summed E-state index contributed by atoms with van der Waals surface area (Å²) in [6, 6.07) is 0. The molecule has 0 saturated heterocycles.